The molecule has 21 heavy (non-hydrogen) atoms. The van der Waals surface area contributed by atoms with E-state index in [2.05, 4.69) is 20.4 Å². The van der Waals surface area contributed by atoms with E-state index in [0.717, 1.165) is 29.9 Å². The van der Waals surface area contributed by atoms with Gasteiger partial charge in [0.1, 0.15) is 0 Å². The minimum atomic E-state index is -0.241. The van der Waals surface area contributed by atoms with Crippen molar-refractivity contribution in [1.29, 1.82) is 0 Å². The van der Waals surface area contributed by atoms with Gasteiger partial charge in [-0.15, -0.1) is 0 Å². The molecule has 1 atom stereocenters. The Bertz CT molecular complexity index is 595. The number of nitrogens with two attached hydrogens (primary N) is 1. The Morgan fingerprint density at radius 1 is 1.38 bits per heavy atom. The van der Waals surface area contributed by atoms with Crippen molar-refractivity contribution in [1.82, 2.24) is 25.1 Å². The molecular formula is C14H21ClN6. The highest BCUT2D eigenvalue weighted by molar-refractivity contribution is 6.31. The van der Waals surface area contributed by atoms with E-state index in [1.54, 1.807) is 12.4 Å². The van der Waals surface area contributed by atoms with Crippen molar-refractivity contribution in [2.75, 3.05) is 20.6 Å². The van der Waals surface area contributed by atoms with Crippen LogP contribution in [0.25, 0.3) is 0 Å². The number of rotatable bonds is 6. The Morgan fingerprint density at radius 2 is 2.14 bits per heavy atom. The first-order valence-electron chi connectivity index (χ1n) is 6.76. The third-order valence-corrected chi connectivity index (χ3v) is 3.55. The van der Waals surface area contributed by atoms with Crippen LogP contribution >= 0.6 is 11.6 Å². The van der Waals surface area contributed by atoms with E-state index in [4.69, 9.17) is 17.4 Å². The third-order valence-electron chi connectivity index (χ3n) is 3.26. The standard InChI is InChI=1S/C14H21ClN6/c1-10-6-11(8-17-7-10)13(19-16)14-12(15)9-18-21(14)5-4-20(2)3/h6-9,13,19H,4-5,16H2,1-3H3. The lowest BCUT2D eigenvalue weighted by Gasteiger charge is -2.20. The molecule has 0 aromatic carbocycles. The van der Waals surface area contributed by atoms with Gasteiger partial charge in [-0.25, -0.2) is 5.43 Å². The van der Waals surface area contributed by atoms with Gasteiger partial charge in [0.2, 0.25) is 0 Å². The van der Waals surface area contributed by atoms with Crippen LogP contribution in [0.15, 0.2) is 24.7 Å². The van der Waals surface area contributed by atoms with Gasteiger partial charge in [-0.2, -0.15) is 5.10 Å². The molecule has 0 aliphatic heterocycles. The van der Waals surface area contributed by atoms with Gasteiger partial charge in [0.25, 0.3) is 0 Å². The van der Waals surface area contributed by atoms with E-state index in [1.165, 1.54) is 0 Å². The number of aromatic nitrogens is 3. The van der Waals surface area contributed by atoms with Gasteiger partial charge in [0, 0.05) is 18.9 Å². The molecule has 0 aliphatic rings. The summed E-state index contributed by atoms with van der Waals surface area (Å²) >= 11 is 6.31. The normalized spacial score (nSPS) is 12.9. The molecule has 0 aliphatic carbocycles. The van der Waals surface area contributed by atoms with E-state index in [0.29, 0.717) is 5.02 Å². The number of halogens is 1. The zero-order chi connectivity index (χ0) is 15.4. The van der Waals surface area contributed by atoms with Gasteiger partial charge in [-0.3, -0.25) is 15.5 Å². The third kappa shape index (κ3) is 3.79. The molecule has 0 saturated carbocycles. The second kappa shape index (κ2) is 7.00. The average Bonchev–Trinajstić information content (AvgIpc) is 2.79. The van der Waals surface area contributed by atoms with Crippen molar-refractivity contribution in [3.8, 4) is 0 Å². The van der Waals surface area contributed by atoms with Crippen LogP contribution in [0.4, 0.5) is 0 Å². The lowest BCUT2D eigenvalue weighted by Crippen LogP contribution is -2.32. The average molecular weight is 309 g/mol. The molecule has 0 radical (unpaired) electrons. The van der Waals surface area contributed by atoms with Gasteiger partial charge in [-0.05, 0) is 32.1 Å². The van der Waals surface area contributed by atoms with Gasteiger partial charge >= 0.3 is 0 Å². The maximum Gasteiger partial charge on any atom is 0.0908 e. The fourth-order valence-electron chi connectivity index (χ4n) is 2.20. The summed E-state index contributed by atoms with van der Waals surface area (Å²) < 4.78 is 1.88. The summed E-state index contributed by atoms with van der Waals surface area (Å²) in [6.07, 6.45) is 5.25. The van der Waals surface area contributed by atoms with Gasteiger partial charge in [0.05, 0.1) is 29.5 Å². The van der Waals surface area contributed by atoms with Crippen LogP contribution < -0.4 is 11.3 Å². The maximum absolute atomic E-state index is 6.31. The number of nitrogens with zero attached hydrogens (tertiary/aromatic N) is 4. The molecule has 6 nitrogen and oxygen atoms in total. The van der Waals surface area contributed by atoms with E-state index in [9.17, 15) is 0 Å². The predicted octanol–water partition coefficient (Wildman–Crippen LogP) is 1.35. The van der Waals surface area contributed by atoms with Crippen LogP contribution in [-0.4, -0.2) is 40.3 Å². The van der Waals surface area contributed by atoms with Crippen LogP contribution in [0.5, 0.6) is 0 Å². The van der Waals surface area contributed by atoms with Crippen LogP contribution in [0.3, 0.4) is 0 Å². The topological polar surface area (TPSA) is 72.0 Å². The van der Waals surface area contributed by atoms with Crippen molar-refractivity contribution in [2.45, 2.75) is 19.5 Å². The molecule has 2 heterocycles. The highest BCUT2D eigenvalue weighted by atomic mass is 35.5. The molecular weight excluding hydrogens is 288 g/mol. The first-order chi connectivity index (χ1) is 10.0. The number of aryl methyl sites for hydroxylation is 1. The number of nitrogens with one attached hydrogen (secondary N) is 1. The quantitative estimate of drug-likeness (QED) is 0.623. The number of pyridine rings is 1. The van der Waals surface area contributed by atoms with Crippen LogP contribution in [0, 0.1) is 6.92 Å². The fraction of sp³-hybridized carbons (Fsp3) is 0.429. The molecule has 114 valence electrons. The first-order valence-corrected chi connectivity index (χ1v) is 7.14. The minimum Gasteiger partial charge on any atom is -0.308 e. The van der Waals surface area contributed by atoms with Crippen molar-refractivity contribution in [3.63, 3.8) is 0 Å². The summed E-state index contributed by atoms with van der Waals surface area (Å²) in [4.78, 5) is 6.32. The minimum absolute atomic E-state index is 0.241. The van der Waals surface area contributed by atoms with Crippen LogP contribution in [0.1, 0.15) is 22.9 Å². The summed E-state index contributed by atoms with van der Waals surface area (Å²) in [5, 5.41) is 4.94. The molecule has 2 aromatic rings. The van der Waals surface area contributed by atoms with Gasteiger partial charge in [-0.1, -0.05) is 17.7 Å². The molecule has 7 heteroatoms. The monoisotopic (exact) mass is 308 g/mol. The van der Waals surface area contributed by atoms with Crippen molar-refractivity contribution < 1.29 is 0 Å². The number of hydrogen-bond donors (Lipinski definition) is 2. The zero-order valence-corrected chi connectivity index (χ0v) is 13.3. The Balaban J connectivity index is 2.35. The molecule has 3 N–H and O–H groups in total. The van der Waals surface area contributed by atoms with E-state index >= 15 is 0 Å². The van der Waals surface area contributed by atoms with Crippen LogP contribution in [-0.2, 0) is 6.54 Å². The van der Waals surface area contributed by atoms with Gasteiger partial charge < -0.3 is 4.90 Å². The second-order valence-electron chi connectivity index (χ2n) is 5.30. The Labute approximate surface area is 129 Å². The Hall–Kier alpha value is -1.47. The SMILES string of the molecule is Cc1cncc(C(NN)c2c(Cl)cnn2CCN(C)C)c1. The first kappa shape index (κ1) is 15.9. The molecule has 2 aromatic heterocycles. The molecule has 0 saturated heterocycles. The van der Waals surface area contributed by atoms with E-state index < -0.39 is 0 Å². The molecule has 0 bridgehead atoms. The second-order valence-corrected chi connectivity index (χ2v) is 5.71. The molecule has 0 fully saturated rings. The largest absolute Gasteiger partial charge is 0.308 e. The fourth-order valence-corrected chi connectivity index (χ4v) is 2.45. The summed E-state index contributed by atoms with van der Waals surface area (Å²) in [6.45, 7) is 3.61. The van der Waals surface area contributed by atoms with E-state index in [1.807, 2.05) is 38.0 Å². The molecule has 1 unspecified atom stereocenters. The number of hydrogen-bond acceptors (Lipinski definition) is 5. The van der Waals surface area contributed by atoms with E-state index in [-0.39, 0.29) is 6.04 Å². The Kier molecular flexibility index (Phi) is 5.30. The van der Waals surface area contributed by atoms with Gasteiger partial charge in [0.15, 0.2) is 0 Å². The van der Waals surface area contributed by atoms with Crippen molar-refractivity contribution >= 4 is 11.6 Å². The molecule has 0 spiro atoms. The lowest BCUT2D eigenvalue weighted by atomic mass is 10.0. The number of likely N-dealkylation sites (N-methyl/N-ethyl adjacent to an activating group) is 1. The maximum atomic E-state index is 6.31. The Morgan fingerprint density at radius 3 is 2.76 bits per heavy atom. The highest BCUT2D eigenvalue weighted by Gasteiger charge is 2.21. The lowest BCUT2D eigenvalue weighted by molar-refractivity contribution is 0.365. The molecule has 0 amide bonds. The molecule has 2 rings (SSSR count). The zero-order valence-electron chi connectivity index (χ0n) is 12.5. The van der Waals surface area contributed by atoms with Crippen molar-refractivity contribution in [3.05, 3.63) is 46.5 Å². The summed E-state index contributed by atoms with van der Waals surface area (Å²) in [5.41, 5.74) is 5.71. The summed E-state index contributed by atoms with van der Waals surface area (Å²) in [7, 11) is 4.04. The summed E-state index contributed by atoms with van der Waals surface area (Å²) in [6, 6.07) is 1.80. The number of hydrazine groups is 1. The van der Waals surface area contributed by atoms with Crippen LogP contribution in [0.2, 0.25) is 5.02 Å². The predicted molar refractivity (Wildman–Crippen MR) is 83.9 cm³/mol. The van der Waals surface area contributed by atoms with Crippen molar-refractivity contribution in [2.24, 2.45) is 5.84 Å². The smallest absolute Gasteiger partial charge is 0.0908 e. The summed E-state index contributed by atoms with van der Waals surface area (Å²) in [5.74, 6) is 5.75. The highest BCUT2D eigenvalue weighted by Crippen LogP contribution is 2.27.